The maximum Gasteiger partial charge on any atom is 0.123 e. The SMILES string of the molecule is CC(C)C(Cl)CCC1Cc2ccccc2O1. The van der Waals surface area contributed by atoms with Crippen molar-refractivity contribution >= 4 is 11.6 Å². The van der Waals surface area contributed by atoms with E-state index in [-0.39, 0.29) is 5.38 Å². The zero-order valence-electron chi connectivity index (χ0n) is 9.95. The summed E-state index contributed by atoms with van der Waals surface area (Å²) in [7, 11) is 0. The topological polar surface area (TPSA) is 9.23 Å². The fourth-order valence-corrected chi connectivity index (χ4v) is 2.22. The number of para-hydroxylation sites is 1. The van der Waals surface area contributed by atoms with Gasteiger partial charge in [-0.3, -0.25) is 0 Å². The van der Waals surface area contributed by atoms with Gasteiger partial charge in [-0.1, -0.05) is 32.0 Å². The zero-order chi connectivity index (χ0) is 11.5. The lowest BCUT2D eigenvalue weighted by atomic mass is 10.0. The van der Waals surface area contributed by atoms with E-state index in [1.807, 2.05) is 6.07 Å². The van der Waals surface area contributed by atoms with Crippen molar-refractivity contribution < 1.29 is 4.74 Å². The summed E-state index contributed by atoms with van der Waals surface area (Å²) in [5.41, 5.74) is 1.34. The van der Waals surface area contributed by atoms with Gasteiger partial charge in [-0.2, -0.15) is 0 Å². The Balaban J connectivity index is 1.83. The van der Waals surface area contributed by atoms with Crippen molar-refractivity contribution in [3.05, 3.63) is 29.8 Å². The molecule has 2 unspecified atom stereocenters. The number of ether oxygens (including phenoxy) is 1. The number of hydrogen-bond donors (Lipinski definition) is 0. The van der Waals surface area contributed by atoms with Gasteiger partial charge in [0, 0.05) is 11.8 Å². The van der Waals surface area contributed by atoms with Crippen molar-refractivity contribution in [3.63, 3.8) is 0 Å². The van der Waals surface area contributed by atoms with Gasteiger partial charge in [0.2, 0.25) is 0 Å². The molecule has 16 heavy (non-hydrogen) atoms. The minimum absolute atomic E-state index is 0.271. The molecule has 1 aromatic carbocycles. The largest absolute Gasteiger partial charge is 0.490 e. The minimum atomic E-state index is 0.271. The average Bonchev–Trinajstić information content (AvgIpc) is 2.68. The fraction of sp³-hybridized carbons (Fsp3) is 0.571. The van der Waals surface area contributed by atoms with E-state index in [2.05, 4.69) is 32.0 Å². The van der Waals surface area contributed by atoms with E-state index >= 15 is 0 Å². The van der Waals surface area contributed by atoms with Crippen molar-refractivity contribution in [2.24, 2.45) is 5.92 Å². The van der Waals surface area contributed by atoms with Crippen LogP contribution in [-0.4, -0.2) is 11.5 Å². The monoisotopic (exact) mass is 238 g/mol. The molecule has 2 rings (SSSR count). The molecule has 0 N–H and O–H groups in total. The van der Waals surface area contributed by atoms with Crippen LogP contribution in [0.5, 0.6) is 5.75 Å². The molecule has 2 atom stereocenters. The Morgan fingerprint density at radius 3 is 2.81 bits per heavy atom. The first kappa shape index (κ1) is 11.8. The van der Waals surface area contributed by atoms with Gasteiger partial charge in [-0.05, 0) is 30.4 Å². The molecule has 1 heterocycles. The van der Waals surface area contributed by atoms with Crippen LogP contribution in [0.3, 0.4) is 0 Å². The Bertz CT molecular complexity index is 323. The Kier molecular flexibility index (Phi) is 3.75. The molecule has 0 bridgehead atoms. The van der Waals surface area contributed by atoms with Crippen LogP contribution >= 0.6 is 11.6 Å². The second-order valence-corrected chi connectivity index (χ2v) is 5.45. The van der Waals surface area contributed by atoms with Gasteiger partial charge >= 0.3 is 0 Å². The van der Waals surface area contributed by atoms with Crippen molar-refractivity contribution in [1.29, 1.82) is 0 Å². The quantitative estimate of drug-likeness (QED) is 0.720. The normalized spacial score (nSPS) is 20.6. The van der Waals surface area contributed by atoms with Gasteiger partial charge in [0.25, 0.3) is 0 Å². The van der Waals surface area contributed by atoms with Gasteiger partial charge in [0.05, 0.1) is 0 Å². The Morgan fingerprint density at radius 1 is 1.38 bits per heavy atom. The molecule has 0 aromatic heterocycles. The molecule has 0 aliphatic carbocycles. The highest BCUT2D eigenvalue weighted by Crippen LogP contribution is 2.31. The second-order valence-electron chi connectivity index (χ2n) is 4.89. The predicted molar refractivity (Wildman–Crippen MR) is 68.3 cm³/mol. The summed E-state index contributed by atoms with van der Waals surface area (Å²) in [5, 5.41) is 0.271. The van der Waals surface area contributed by atoms with Crippen LogP contribution in [0.25, 0.3) is 0 Å². The molecule has 1 nitrogen and oxygen atoms in total. The summed E-state index contributed by atoms with van der Waals surface area (Å²) in [4.78, 5) is 0. The van der Waals surface area contributed by atoms with E-state index in [0.717, 1.165) is 25.0 Å². The summed E-state index contributed by atoms with van der Waals surface area (Å²) in [6, 6.07) is 8.30. The standard InChI is InChI=1S/C14H19ClO/c1-10(2)13(15)8-7-12-9-11-5-3-4-6-14(11)16-12/h3-6,10,12-13H,7-9H2,1-2H3. The fourth-order valence-electron chi connectivity index (χ4n) is 2.09. The molecular weight excluding hydrogens is 220 g/mol. The third-order valence-corrected chi connectivity index (χ3v) is 3.92. The Hall–Kier alpha value is -0.690. The number of alkyl halides is 1. The summed E-state index contributed by atoms with van der Waals surface area (Å²) >= 11 is 6.25. The highest BCUT2D eigenvalue weighted by atomic mass is 35.5. The van der Waals surface area contributed by atoms with Gasteiger partial charge in [-0.15, -0.1) is 11.6 Å². The van der Waals surface area contributed by atoms with Gasteiger partial charge in [-0.25, -0.2) is 0 Å². The molecule has 0 amide bonds. The molecule has 1 aliphatic heterocycles. The lowest BCUT2D eigenvalue weighted by Gasteiger charge is -2.16. The Morgan fingerprint density at radius 2 is 2.12 bits per heavy atom. The molecule has 0 radical (unpaired) electrons. The number of halogens is 1. The lowest BCUT2D eigenvalue weighted by Crippen LogP contribution is -2.17. The first-order valence-corrected chi connectivity index (χ1v) is 6.49. The van der Waals surface area contributed by atoms with Crippen LogP contribution in [-0.2, 0) is 6.42 Å². The van der Waals surface area contributed by atoms with Crippen LogP contribution in [0, 0.1) is 5.92 Å². The van der Waals surface area contributed by atoms with E-state index in [9.17, 15) is 0 Å². The molecule has 0 spiro atoms. The number of fused-ring (bicyclic) bond motifs is 1. The van der Waals surface area contributed by atoms with Crippen LogP contribution in [0.4, 0.5) is 0 Å². The second kappa shape index (κ2) is 5.09. The highest BCUT2D eigenvalue weighted by molar-refractivity contribution is 6.20. The smallest absolute Gasteiger partial charge is 0.123 e. The molecule has 0 saturated carbocycles. The first-order valence-electron chi connectivity index (χ1n) is 6.05. The van der Waals surface area contributed by atoms with E-state index in [4.69, 9.17) is 16.3 Å². The first-order chi connectivity index (χ1) is 7.66. The van der Waals surface area contributed by atoms with Gasteiger partial charge in [0.1, 0.15) is 11.9 Å². The summed E-state index contributed by atoms with van der Waals surface area (Å²) in [6.45, 7) is 4.34. The number of rotatable bonds is 4. The summed E-state index contributed by atoms with van der Waals surface area (Å²) in [6.07, 6.45) is 3.47. The maximum absolute atomic E-state index is 6.25. The summed E-state index contributed by atoms with van der Waals surface area (Å²) < 4.78 is 5.88. The van der Waals surface area contributed by atoms with Crippen LogP contribution in [0.1, 0.15) is 32.3 Å². The minimum Gasteiger partial charge on any atom is -0.490 e. The lowest BCUT2D eigenvalue weighted by molar-refractivity contribution is 0.215. The summed E-state index contributed by atoms with van der Waals surface area (Å²) in [5.74, 6) is 1.61. The number of hydrogen-bond acceptors (Lipinski definition) is 1. The molecular formula is C14H19ClO. The molecule has 1 aromatic rings. The van der Waals surface area contributed by atoms with Crippen LogP contribution < -0.4 is 4.74 Å². The van der Waals surface area contributed by atoms with E-state index < -0.39 is 0 Å². The highest BCUT2D eigenvalue weighted by Gasteiger charge is 2.23. The average molecular weight is 239 g/mol. The predicted octanol–water partition coefficient (Wildman–Crippen LogP) is 4.03. The third kappa shape index (κ3) is 2.70. The van der Waals surface area contributed by atoms with Crippen molar-refractivity contribution in [2.75, 3.05) is 0 Å². The molecule has 1 aliphatic rings. The van der Waals surface area contributed by atoms with E-state index in [0.29, 0.717) is 12.0 Å². The molecule has 0 fully saturated rings. The van der Waals surface area contributed by atoms with E-state index in [1.54, 1.807) is 0 Å². The molecule has 2 heteroatoms. The molecule has 0 saturated heterocycles. The third-order valence-electron chi connectivity index (χ3n) is 3.20. The van der Waals surface area contributed by atoms with Crippen LogP contribution in [0.2, 0.25) is 0 Å². The van der Waals surface area contributed by atoms with Crippen molar-refractivity contribution in [1.82, 2.24) is 0 Å². The van der Waals surface area contributed by atoms with Gasteiger partial charge < -0.3 is 4.74 Å². The maximum atomic E-state index is 6.25. The van der Waals surface area contributed by atoms with E-state index in [1.165, 1.54) is 5.56 Å². The van der Waals surface area contributed by atoms with Gasteiger partial charge in [0.15, 0.2) is 0 Å². The Labute approximate surface area is 103 Å². The zero-order valence-corrected chi connectivity index (χ0v) is 10.7. The number of benzene rings is 1. The van der Waals surface area contributed by atoms with Crippen molar-refractivity contribution in [2.45, 2.75) is 44.6 Å². The van der Waals surface area contributed by atoms with Crippen LogP contribution in [0.15, 0.2) is 24.3 Å². The van der Waals surface area contributed by atoms with Crippen molar-refractivity contribution in [3.8, 4) is 5.75 Å². The molecule has 88 valence electrons.